The van der Waals surface area contributed by atoms with Gasteiger partial charge in [0.05, 0.1) is 0 Å². The Morgan fingerprint density at radius 1 is 1.35 bits per heavy atom. The number of rotatable bonds is 4. The van der Waals surface area contributed by atoms with E-state index in [9.17, 15) is 0 Å². The number of thioether (sulfide) groups is 1. The molecule has 0 aromatic heterocycles. The van der Waals surface area contributed by atoms with Gasteiger partial charge in [-0.15, -0.1) is 11.8 Å². The van der Waals surface area contributed by atoms with E-state index in [2.05, 4.69) is 61.0 Å². The second-order valence-electron chi connectivity index (χ2n) is 6.63. The molecule has 1 nitrogen and oxygen atoms in total. The summed E-state index contributed by atoms with van der Waals surface area (Å²) in [6.45, 7) is 7.13. The van der Waals surface area contributed by atoms with E-state index >= 15 is 0 Å². The molecule has 1 fully saturated rings. The van der Waals surface area contributed by atoms with Crippen LogP contribution in [0.25, 0.3) is 0 Å². The highest BCUT2D eigenvalue weighted by molar-refractivity contribution is 9.10. The van der Waals surface area contributed by atoms with Crippen LogP contribution in [0.4, 0.5) is 0 Å². The summed E-state index contributed by atoms with van der Waals surface area (Å²) in [6, 6.07) is 8.91. The first-order chi connectivity index (χ1) is 9.42. The molecule has 3 atom stereocenters. The van der Waals surface area contributed by atoms with Crippen LogP contribution < -0.4 is 5.73 Å². The molecule has 1 saturated carbocycles. The SMILES string of the molecule is CCC(C)(C)C1CCC(N)C(Sc2cccc(Br)c2)C1. The van der Waals surface area contributed by atoms with Crippen LogP contribution >= 0.6 is 27.7 Å². The average Bonchev–Trinajstić information content (AvgIpc) is 2.41. The minimum Gasteiger partial charge on any atom is -0.327 e. The first-order valence-electron chi connectivity index (χ1n) is 7.60. The lowest BCUT2D eigenvalue weighted by molar-refractivity contribution is 0.148. The molecule has 3 heteroatoms. The molecule has 3 unspecified atom stereocenters. The largest absolute Gasteiger partial charge is 0.327 e. The highest BCUT2D eigenvalue weighted by atomic mass is 79.9. The van der Waals surface area contributed by atoms with Gasteiger partial charge < -0.3 is 5.73 Å². The molecule has 0 bridgehead atoms. The van der Waals surface area contributed by atoms with Crippen molar-refractivity contribution in [2.45, 2.75) is 62.6 Å². The Labute approximate surface area is 136 Å². The Balaban J connectivity index is 2.06. The topological polar surface area (TPSA) is 26.0 Å². The Morgan fingerprint density at radius 3 is 2.75 bits per heavy atom. The summed E-state index contributed by atoms with van der Waals surface area (Å²) in [6.07, 6.45) is 4.96. The Kier molecular flexibility index (Phi) is 5.61. The third kappa shape index (κ3) is 4.02. The molecular weight excluding hydrogens is 330 g/mol. The highest BCUT2D eigenvalue weighted by Gasteiger charge is 2.36. The number of benzene rings is 1. The molecule has 1 aliphatic carbocycles. The van der Waals surface area contributed by atoms with E-state index in [1.54, 1.807) is 0 Å². The zero-order chi connectivity index (χ0) is 14.8. The second-order valence-corrected chi connectivity index (χ2v) is 8.86. The van der Waals surface area contributed by atoms with Gasteiger partial charge in [0.25, 0.3) is 0 Å². The predicted octanol–water partition coefficient (Wildman–Crippen LogP) is 5.47. The van der Waals surface area contributed by atoms with Crippen molar-refractivity contribution in [3.63, 3.8) is 0 Å². The molecule has 112 valence electrons. The zero-order valence-electron chi connectivity index (χ0n) is 12.7. The zero-order valence-corrected chi connectivity index (χ0v) is 15.1. The van der Waals surface area contributed by atoms with Crippen molar-refractivity contribution in [1.29, 1.82) is 0 Å². The van der Waals surface area contributed by atoms with E-state index < -0.39 is 0 Å². The van der Waals surface area contributed by atoms with Crippen molar-refractivity contribution in [3.05, 3.63) is 28.7 Å². The molecular formula is C17H26BrNS. The summed E-state index contributed by atoms with van der Waals surface area (Å²) in [5.74, 6) is 0.803. The summed E-state index contributed by atoms with van der Waals surface area (Å²) < 4.78 is 1.15. The van der Waals surface area contributed by atoms with E-state index in [4.69, 9.17) is 5.73 Å². The summed E-state index contributed by atoms with van der Waals surface area (Å²) in [5, 5.41) is 0.550. The molecule has 2 N–H and O–H groups in total. The lowest BCUT2D eigenvalue weighted by Gasteiger charge is -2.41. The maximum absolute atomic E-state index is 6.38. The summed E-state index contributed by atoms with van der Waals surface area (Å²) >= 11 is 5.51. The molecule has 1 aliphatic rings. The van der Waals surface area contributed by atoms with E-state index in [-0.39, 0.29) is 0 Å². The normalized spacial score (nSPS) is 27.6. The lowest BCUT2D eigenvalue weighted by Crippen LogP contribution is -2.42. The summed E-state index contributed by atoms with van der Waals surface area (Å²) in [5.41, 5.74) is 6.82. The van der Waals surface area contributed by atoms with Crippen LogP contribution in [-0.4, -0.2) is 11.3 Å². The first kappa shape index (κ1) is 16.4. The Hall–Kier alpha value is 0.01000. The minimum absolute atomic E-state index is 0.336. The fraction of sp³-hybridized carbons (Fsp3) is 0.647. The Bertz CT molecular complexity index is 446. The summed E-state index contributed by atoms with van der Waals surface area (Å²) in [7, 11) is 0. The first-order valence-corrected chi connectivity index (χ1v) is 9.27. The molecule has 0 radical (unpaired) electrons. The lowest BCUT2D eigenvalue weighted by atomic mass is 9.69. The number of hydrogen-bond acceptors (Lipinski definition) is 2. The van der Waals surface area contributed by atoms with E-state index in [0.717, 1.165) is 10.4 Å². The van der Waals surface area contributed by atoms with Gasteiger partial charge in [0.1, 0.15) is 0 Å². The standard InChI is InChI=1S/C17H26BrNS/c1-4-17(2,3)12-8-9-15(19)16(10-12)20-14-7-5-6-13(18)11-14/h5-7,11-12,15-16H,4,8-10,19H2,1-3H3. The number of nitrogens with two attached hydrogens (primary N) is 1. The van der Waals surface area contributed by atoms with Gasteiger partial charge in [-0.2, -0.15) is 0 Å². The predicted molar refractivity (Wildman–Crippen MR) is 93.2 cm³/mol. The van der Waals surface area contributed by atoms with Crippen molar-refractivity contribution in [3.8, 4) is 0 Å². The maximum Gasteiger partial charge on any atom is 0.0249 e. The van der Waals surface area contributed by atoms with Crippen LogP contribution in [0.1, 0.15) is 46.5 Å². The smallest absolute Gasteiger partial charge is 0.0249 e. The molecule has 2 rings (SSSR count). The maximum atomic E-state index is 6.38. The third-order valence-corrected chi connectivity index (χ3v) is 6.81. The molecule has 1 aromatic carbocycles. The average molecular weight is 356 g/mol. The second kappa shape index (κ2) is 6.85. The molecule has 0 amide bonds. The number of hydrogen-bond donors (Lipinski definition) is 1. The molecule has 0 heterocycles. The van der Waals surface area contributed by atoms with Gasteiger partial charge in [-0.1, -0.05) is 49.2 Å². The van der Waals surface area contributed by atoms with Crippen molar-refractivity contribution in [2.24, 2.45) is 17.1 Å². The van der Waals surface area contributed by atoms with Gasteiger partial charge in [-0.05, 0) is 48.8 Å². The van der Waals surface area contributed by atoms with Crippen molar-refractivity contribution in [2.75, 3.05) is 0 Å². The fourth-order valence-corrected chi connectivity index (χ4v) is 4.89. The van der Waals surface area contributed by atoms with Crippen LogP contribution in [0.5, 0.6) is 0 Å². The third-order valence-electron chi connectivity index (χ3n) is 4.94. The Morgan fingerprint density at radius 2 is 2.10 bits per heavy atom. The van der Waals surface area contributed by atoms with Crippen molar-refractivity contribution < 1.29 is 0 Å². The van der Waals surface area contributed by atoms with Crippen molar-refractivity contribution >= 4 is 27.7 Å². The van der Waals surface area contributed by atoms with Crippen LogP contribution in [0.15, 0.2) is 33.6 Å². The van der Waals surface area contributed by atoms with E-state index in [1.807, 2.05) is 11.8 Å². The fourth-order valence-electron chi connectivity index (χ4n) is 3.00. The van der Waals surface area contributed by atoms with Gasteiger partial charge >= 0.3 is 0 Å². The van der Waals surface area contributed by atoms with E-state index in [0.29, 0.717) is 16.7 Å². The summed E-state index contributed by atoms with van der Waals surface area (Å²) in [4.78, 5) is 1.33. The highest BCUT2D eigenvalue weighted by Crippen LogP contribution is 2.44. The van der Waals surface area contributed by atoms with Gasteiger partial charge in [0, 0.05) is 20.7 Å². The molecule has 1 aromatic rings. The van der Waals surface area contributed by atoms with Gasteiger partial charge in [-0.3, -0.25) is 0 Å². The van der Waals surface area contributed by atoms with E-state index in [1.165, 1.54) is 30.6 Å². The van der Waals surface area contributed by atoms with Crippen LogP contribution in [-0.2, 0) is 0 Å². The monoisotopic (exact) mass is 355 g/mol. The van der Waals surface area contributed by atoms with Crippen LogP contribution in [0.2, 0.25) is 0 Å². The van der Waals surface area contributed by atoms with Crippen LogP contribution in [0.3, 0.4) is 0 Å². The quantitative estimate of drug-likeness (QED) is 0.774. The molecule has 0 saturated heterocycles. The number of halogens is 1. The molecule has 20 heavy (non-hydrogen) atoms. The molecule has 0 spiro atoms. The minimum atomic E-state index is 0.336. The van der Waals surface area contributed by atoms with Gasteiger partial charge in [-0.25, -0.2) is 0 Å². The van der Waals surface area contributed by atoms with Gasteiger partial charge in [0.15, 0.2) is 0 Å². The van der Waals surface area contributed by atoms with Gasteiger partial charge in [0.2, 0.25) is 0 Å². The van der Waals surface area contributed by atoms with Crippen molar-refractivity contribution in [1.82, 2.24) is 0 Å². The van der Waals surface area contributed by atoms with Crippen LogP contribution in [0, 0.1) is 11.3 Å². The molecule has 0 aliphatic heterocycles.